The van der Waals surface area contributed by atoms with Gasteiger partial charge in [0.15, 0.2) is 0 Å². The van der Waals surface area contributed by atoms with Crippen LogP contribution < -0.4 is 0 Å². The number of rotatable bonds is 4. The van der Waals surface area contributed by atoms with Crippen LogP contribution in [0.2, 0.25) is 0 Å². The molecule has 0 heterocycles. The number of hydrogen-bond acceptors (Lipinski definition) is 1. The summed E-state index contributed by atoms with van der Waals surface area (Å²) in [6.45, 7) is 0. The third-order valence-corrected chi connectivity index (χ3v) is 2.68. The second-order valence-electron chi connectivity index (χ2n) is 3.65. The molecule has 68 valence electrons. The predicted molar refractivity (Wildman–Crippen MR) is 51.0 cm³/mol. The minimum atomic E-state index is 0.862. The molecular formula is C11H18O. The highest BCUT2D eigenvalue weighted by molar-refractivity contribution is 5.64. The van der Waals surface area contributed by atoms with Crippen molar-refractivity contribution in [3.05, 3.63) is 12.2 Å². The van der Waals surface area contributed by atoms with Gasteiger partial charge in [-0.1, -0.05) is 38.2 Å². The van der Waals surface area contributed by atoms with Gasteiger partial charge in [0.05, 0.1) is 0 Å². The summed E-state index contributed by atoms with van der Waals surface area (Å²) in [5.41, 5.74) is 0. The highest BCUT2D eigenvalue weighted by Gasteiger charge is 2.11. The van der Waals surface area contributed by atoms with Crippen LogP contribution in [0.1, 0.15) is 44.9 Å². The second kappa shape index (κ2) is 5.99. The van der Waals surface area contributed by atoms with E-state index in [0.29, 0.717) is 0 Å². The second-order valence-corrected chi connectivity index (χ2v) is 3.65. The van der Waals surface area contributed by atoms with Crippen LogP contribution in [-0.4, -0.2) is 6.29 Å². The van der Waals surface area contributed by atoms with Crippen LogP contribution in [0.4, 0.5) is 0 Å². The molecule has 0 saturated heterocycles. The van der Waals surface area contributed by atoms with Gasteiger partial charge in [-0.25, -0.2) is 0 Å². The highest BCUT2D eigenvalue weighted by Crippen LogP contribution is 2.27. The zero-order chi connectivity index (χ0) is 8.65. The van der Waals surface area contributed by atoms with Crippen molar-refractivity contribution < 1.29 is 4.79 Å². The molecule has 0 aliphatic heterocycles. The minimum absolute atomic E-state index is 0.862. The maximum absolute atomic E-state index is 9.97. The molecule has 1 saturated carbocycles. The Kier molecular flexibility index (Phi) is 4.74. The van der Waals surface area contributed by atoms with Crippen molar-refractivity contribution in [1.82, 2.24) is 0 Å². The van der Waals surface area contributed by atoms with E-state index in [4.69, 9.17) is 0 Å². The Bertz CT molecular complexity index is 143. The molecule has 0 aromatic heterocycles. The summed E-state index contributed by atoms with van der Waals surface area (Å²) >= 11 is 0. The Morgan fingerprint density at radius 2 is 1.92 bits per heavy atom. The average molecular weight is 166 g/mol. The Balaban J connectivity index is 2.05. The molecule has 1 rings (SSSR count). The number of hydrogen-bond donors (Lipinski definition) is 0. The fourth-order valence-corrected chi connectivity index (χ4v) is 1.96. The molecule has 12 heavy (non-hydrogen) atoms. The monoisotopic (exact) mass is 166 g/mol. The maximum atomic E-state index is 9.97. The van der Waals surface area contributed by atoms with Crippen LogP contribution >= 0.6 is 0 Å². The fourth-order valence-electron chi connectivity index (χ4n) is 1.96. The molecule has 0 unspecified atom stereocenters. The number of allylic oxidation sites excluding steroid dienone is 2. The van der Waals surface area contributed by atoms with E-state index in [0.717, 1.165) is 18.6 Å². The first kappa shape index (κ1) is 9.50. The molecule has 0 aromatic carbocycles. The molecule has 0 radical (unpaired) electrons. The van der Waals surface area contributed by atoms with Gasteiger partial charge in [0.2, 0.25) is 0 Å². The van der Waals surface area contributed by atoms with E-state index in [1.165, 1.54) is 38.5 Å². The molecule has 1 aliphatic carbocycles. The third kappa shape index (κ3) is 3.70. The lowest BCUT2D eigenvalue weighted by atomic mass is 9.86. The lowest BCUT2D eigenvalue weighted by Gasteiger charge is -2.20. The van der Waals surface area contributed by atoms with Gasteiger partial charge in [-0.3, -0.25) is 4.79 Å². The largest absolute Gasteiger partial charge is 0.299 e. The van der Waals surface area contributed by atoms with Crippen LogP contribution in [0, 0.1) is 5.92 Å². The molecule has 1 aliphatic rings. The Morgan fingerprint density at radius 3 is 2.58 bits per heavy atom. The van der Waals surface area contributed by atoms with Gasteiger partial charge < -0.3 is 0 Å². The summed E-state index contributed by atoms with van der Waals surface area (Å²) in [5, 5.41) is 0. The number of carbonyl (C=O) groups is 1. The summed E-state index contributed by atoms with van der Waals surface area (Å²) in [7, 11) is 0. The molecule has 1 nitrogen and oxygen atoms in total. The van der Waals surface area contributed by atoms with Gasteiger partial charge in [-0.05, 0) is 24.8 Å². The maximum Gasteiger partial charge on any atom is 0.142 e. The van der Waals surface area contributed by atoms with Crippen molar-refractivity contribution in [3.8, 4) is 0 Å². The van der Waals surface area contributed by atoms with E-state index >= 15 is 0 Å². The first-order chi connectivity index (χ1) is 5.93. The van der Waals surface area contributed by atoms with E-state index in [-0.39, 0.29) is 0 Å². The quantitative estimate of drug-likeness (QED) is 0.463. The summed E-state index contributed by atoms with van der Waals surface area (Å²) < 4.78 is 0. The molecule has 0 atom stereocenters. The van der Waals surface area contributed by atoms with E-state index < -0.39 is 0 Å². The van der Waals surface area contributed by atoms with Gasteiger partial charge in [0.1, 0.15) is 6.29 Å². The lowest BCUT2D eigenvalue weighted by molar-refractivity contribution is -0.104. The third-order valence-electron chi connectivity index (χ3n) is 2.68. The normalized spacial score (nSPS) is 20.0. The molecular weight excluding hydrogens is 148 g/mol. The number of aldehydes is 1. The Labute approximate surface area is 74.9 Å². The molecule has 0 bridgehead atoms. The SMILES string of the molecule is O=CC=CCCC1CCCCC1. The molecule has 1 fully saturated rings. The van der Waals surface area contributed by atoms with E-state index in [1.54, 1.807) is 6.08 Å². The summed E-state index contributed by atoms with van der Waals surface area (Å²) in [4.78, 5) is 9.97. The molecule has 0 spiro atoms. The average Bonchev–Trinajstić information content (AvgIpc) is 2.14. The highest BCUT2D eigenvalue weighted by atomic mass is 16.1. The van der Waals surface area contributed by atoms with Gasteiger partial charge in [-0.15, -0.1) is 0 Å². The van der Waals surface area contributed by atoms with Crippen LogP contribution in [-0.2, 0) is 4.79 Å². The summed E-state index contributed by atoms with van der Waals surface area (Å²) in [6.07, 6.45) is 13.9. The van der Waals surface area contributed by atoms with E-state index in [1.807, 2.05) is 6.08 Å². The van der Waals surface area contributed by atoms with Crippen molar-refractivity contribution >= 4 is 6.29 Å². The molecule has 0 aromatic rings. The van der Waals surface area contributed by atoms with Crippen LogP contribution in [0.25, 0.3) is 0 Å². The Hall–Kier alpha value is -0.590. The topological polar surface area (TPSA) is 17.1 Å². The first-order valence-corrected chi connectivity index (χ1v) is 5.04. The van der Waals surface area contributed by atoms with Crippen LogP contribution in [0.3, 0.4) is 0 Å². The van der Waals surface area contributed by atoms with Gasteiger partial charge in [-0.2, -0.15) is 0 Å². The van der Waals surface area contributed by atoms with E-state index in [2.05, 4.69) is 0 Å². The van der Waals surface area contributed by atoms with Gasteiger partial charge >= 0.3 is 0 Å². The van der Waals surface area contributed by atoms with Crippen molar-refractivity contribution in [3.63, 3.8) is 0 Å². The minimum Gasteiger partial charge on any atom is -0.299 e. The zero-order valence-electron chi connectivity index (χ0n) is 7.67. The smallest absolute Gasteiger partial charge is 0.142 e. The lowest BCUT2D eigenvalue weighted by Crippen LogP contribution is -2.05. The number of carbonyl (C=O) groups excluding carboxylic acids is 1. The van der Waals surface area contributed by atoms with Gasteiger partial charge in [0, 0.05) is 0 Å². The fraction of sp³-hybridized carbons (Fsp3) is 0.727. The van der Waals surface area contributed by atoms with E-state index in [9.17, 15) is 4.79 Å². The summed E-state index contributed by atoms with van der Waals surface area (Å²) in [5.74, 6) is 0.940. The van der Waals surface area contributed by atoms with Crippen molar-refractivity contribution in [2.75, 3.05) is 0 Å². The predicted octanol–water partition coefficient (Wildman–Crippen LogP) is 3.10. The van der Waals surface area contributed by atoms with Crippen molar-refractivity contribution in [1.29, 1.82) is 0 Å². The van der Waals surface area contributed by atoms with Crippen molar-refractivity contribution in [2.24, 2.45) is 5.92 Å². The molecule has 0 amide bonds. The molecule has 1 heteroatoms. The Morgan fingerprint density at radius 1 is 1.17 bits per heavy atom. The van der Waals surface area contributed by atoms with Crippen LogP contribution in [0.5, 0.6) is 0 Å². The summed E-state index contributed by atoms with van der Waals surface area (Å²) in [6, 6.07) is 0. The van der Waals surface area contributed by atoms with Crippen LogP contribution in [0.15, 0.2) is 12.2 Å². The standard InChI is InChI=1S/C11H18O/c12-10-6-2-5-9-11-7-3-1-4-8-11/h2,6,10-11H,1,3-5,7-9H2. The first-order valence-electron chi connectivity index (χ1n) is 5.04. The zero-order valence-corrected chi connectivity index (χ0v) is 7.67. The van der Waals surface area contributed by atoms with Crippen molar-refractivity contribution in [2.45, 2.75) is 44.9 Å². The van der Waals surface area contributed by atoms with Gasteiger partial charge in [0.25, 0.3) is 0 Å². The molecule has 0 N–H and O–H groups in total.